The van der Waals surface area contributed by atoms with E-state index in [0.29, 0.717) is 10.6 Å². The first-order chi connectivity index (χ1) is 18.0. The summed E-state index contributed by atoms with van der Waals surface area (Å²) >= 11 is 6.01. The Bertz CT molecular complexity index is 1250. The maximum absolute atomic E-state index is 12.6. The highest BCUT2D eigenvalue weighted by Crippen LogP contribution is 2.25. The second-order valence-corrected chi connectivity index (χ2v) is 9.42. The number of aliphatic carboxylic acids is 1. The average molecular weight is 548 g/mol. The third-order valence-electron chi connectivity index (χ3n) is 5.93. The van der Waals surface area contributed by atoms with Crippen LogP contribution in [0.1, 0.15) is 22.3 Å². The molecule has 4 rings (SSSR count). The van der Waals surface area contributed by atoms with Crippen molar-refractivity contribution in [1.82, 2.24) is 9.80 Å². The standard InChI is InChI=1S/C26H28ClN3O.C2HF3O2/c1-29-12-5-13-30(15-14-29)19-20-6-2-7-21(16-20)22-8-4-11-25(18-22)28-26(31)23-9-3-10-24(27)17-23;3-2(4,5)1(6)7/h2-4,6-11,16-18H,5,12-15,19H2,1H3,(H,28,31);(H,6,7). The van der Waals surface area contributed by atoms with Crippen molar-refractivity contribution >= 4 is 29.2 Å². The summed E-state index contributed by atoms with van der Waals surface area (Å²) in [5, 5.41) is 10.7. The van der Waals surface area contributed by atoms with Crippen LogP contribution >= 0.6 is 11.6 Å². The SMILES string of the molecule is CN1CCCN(Cc2cccc(-c3cccc(NC(=O)c4cccc(Cl)c4)c3)c2)CC1.O=C(O)C(F)(F)F. The van der Waals surface area contributed by atoms with E-state index < -0.39 is 12.1 Å². The monoisotopic (exact) mass is 547 g/mol. The molecule has 0 saturated carbocycles. The van der Waals surface area contributed by atoms with Gasteiger partial charge in [-0.15, -0.1) is 0 Å². The van der Waals surface area contributed by atoms with E-state index in [-0.39, 0.29) is 5.91 Å². The summed E-state index contributed by atoms with van der Waals surface area (Å²) in [6.07, 6.45) is -3.87. The van der Waals surface area contributed by atoms with Gasteiger partial charge in [-0.3, -0.25) is 9.69 Å². The molecular weight excluding hydrogens is 519 g/mol. The highest BCUT2D eigenvalue weighted by Gasteiger charge is 2.38. The first-order valence-corrected chi connectivity index (χ1v) is 12.4. The second kappa shape index (κ2) is 13.4. The molecule has 1 saturated heterocycles. The molecule has 1 amide bonds. The van der Waals surface area contributed by atoms with Gasteiger partial charge in [0.15, 0.2) is 0 Å². The number of carboxylic acids is 1. The van der Waals surface area contributed by atoms with Crippen molar-refractivity contribution in [3.63, 3.8) is 0 Å². The van der Waals surface area contributed by atoms with Crippen LogP contribution in [0.5, 0.6) is 0 Å². The van der Waals surface area contributed by atoms with E-state index >= 15 is 0 Å². The topological polar surface area (TPSA) is 72.9 Å². The van der Waals surface area contributed by atoms with Gasteiger partial charge in [-0.05, 0) is 79.6 Å². The Morgan fingerprint density at radius 3 is 2.26 bits per heavy atom. The molecule has 0 radical (unpaired) electrons. The molecule has 1 aliphatic heterocycles. The van der Waals surface area contributed by atoms with Gasteiger partial charge >= 0.3 is 12.1 Å². The number of anilines is 1. The van der Waals surface area contributed by atoms with Crippen molar-refractivity contribution in [3.05, 3.63) is 88.9 Å². The zero-order valence-corrected chi connectivity index (χ0v) is 21.6. The van der Waals surface area contributed by atoms with Gasteiger partial charge in [0.2, 0.25) is 0 Å². The molecule has 0 bridgehead atoms. The van der Waals surface area contributed by atoms with Crippen LogP contribution in [-0.2, 0) is 11.3 Å². The number of carboxylic acid groups (broad SMARTS) is 1. The molecule has 0 spiro atoms. The Kier molecular flexibility index (Phi) is 10.3. The molecule has 0 aromatic heterocycles. The summed E-state index contributed by atoms with van der Waals surface area (Å²) in [6.45, 7) is 5.50. The molecule has 202 valence electrons. The van der Waals surface area contributed by atoms with E-state index in [0.717, 1.165) is 43.0 Å². The number of hydrogen-bond acceptors (Lipinski definition) is 4. The van der Waals surface area contributed by atoms with Crippen molar-refractivity contribution < 1.29 is 27.9 Å². The van der Waals surface area contributed by atoms with Crippen molar-refractivity contribution in [3.8, 4) is 11.1 Å². The van der Waals surface area contributed by atoms with E-state index in [1.807, 2.05) is 18.2 Å². The van der Waals surface area contributed by atoms with Gasteiger partial charge in [0.05, 0.1) is 0 Å². The number of hydrogen-bond donors (Lipinski definition) is 2. The molecule has 1 heterocycles. The van der Waals surface area contributed by atoms with Gasteiger partial charge in [-0.2, -0.15) is 13.2 Å². The lowest BCUT2D eigenvalue weighted by atomic mass is 10.0. The number of rotatable bonds is 5. The maximum Gasteiger partial charge on any atom is 0.490 e. The van der Waals surface area contributed by atoms with Gasteiger partial charge in [0.1, 0.15) is 0 Å². The van der Waals surface area contributed by atoms with Crippen molar-refractivity contribution in [2.24, 2.45) is 0 Å². The minimum absolute atomic E-state index is 0.167. The fraction of sp³-hybridized carbons (Fsp3) is 0.286. The molecule has 0 atom stereocenters. The summed E-state index contributed by atoms with van der Waals surface area (Å²) in [5.74, 6) is -2.92. The molecule has 3 aromatic rings. The Morgan fingerprint density at radius 1 is 0.921 bits per heavy atom. The second-order valence-electron chi connectivity index (χ2n) is 8.98. The summed E-state index contributed by atoms with van der Waals surface area (Å²) in [4.78, 5) is 26.4. The third-order valence-corrected chi connectivity index (χ3v) is 6.16. The highest BCUT2D eigenvalue weighted by molar-refractivity contribution is 6.31. The first kappa shape index (κ1) is 29.2. The smallest absolute Gasteiger partial charge is 0.475 e. The highest BCUT2D eigenvalue weighted by atomic mass is 35.5. The number of likely N-dealkylation sites (N-methyl/N-ethyl adjacent to an activating group) is 1. The predicted octanol–water partition coefficient (Wildman–Crippen LogP) is 6.03. The predicted molar refractivity (Wildman–Crippen MR) is 142 cm³/mol. The van der Waals surface area contributed by atoms with Crippen molar-refractivity contribution in [2.45, 2.75) is 19.1 Å². The van der Waals surface area contributed by atoms with E-state index in [2.05, 4.69) is 52.5 Å². The lowest BCUT2D eigenvalue weighted by Gasteiger charge is -2.20. The molecule has 10 heteroatoms. The van der Waals surface area contributed by atoms with Gasteiger partial charge in [-0.1, -0.05) is 48.0 Å². The molecule has 38 heavy (non-hydrogen) atoms. The number of nitrogens with zero attached hydrogens (tertiary/aromatic N) is 2. The van der Waals surface area contributed by atoms with Crippen LogP contribution in [0.15, 0.2) is 72.8 Å². The lowest BCUT2D eigenvalue weighted by Crippen LogP contribution is -2.28. The molecule has 0 aliphatic carbocycles. The minimum Gasteiger partial charge on any atom is -0.475 e. The number of alkyl halides is 3. The van der Waals surface area contributed by atoms with Crippen LogP contribution in [0.25, 0.3) is 11.1 Å². The molecule has 1 aliphatic rings. The number of amides is 1. The summed E-state index contributed by atoms with van der Waals surface area (Å²) in [6, 6.07) is 23.6. The van der Waals surface area contributed by atoms with E-state index in [4.69, 9.17) is 21.5 Å². The quantitative estimate of drug-likeness (QED) is 0.408. The molecule has 2 N–H and O–H groups in total. The van der Waals surface area contributed by atoms with Crippen molar-refractivity contribution in [2.75, 3.05) is 38.5 Å². The third kappa shape index (κ3) is 9.16. The van der Waals surface area contributed by atoms with Gasteiger partial charge in [0, 0.05) is 35.9 Å². The van der Waals surface area contributed by atoms with Gasteiger partial charge < -0.3 is 15.3 Å². The minimum atomic E-state index is -5.08. The van der Waals surface area contributed by atoms with E-state index in [9.17, 15) is 18.0 Å². The summed E-state index contributed by atoms with van der Waals surface area (Å²) in [7, 11) is 2.20. The lowest BCUT2D eigenvalue weighted by molar-refractivity contribution is -0.192. The summed E-state index contributed by atoms with van der Waals surface area (Å²) < 4.78 is 31.7. The molecule has 3 aromatic carbocycles. The van der Waals surface area contributed by atoms with Crippen LogP contribution in [0.3, 0.4) is 0 Å². The Labute approximate surface area is 224 Å². The van der Waals surface area contributed by atoms with Crippen molar-refractivity contribution in [1.29, 1.82) is 0 Å². The maximum atomic E-state index is 12.6. The van der Waals surface area contributed by atoms with E-state index in [1.54, 1.807) is 24.3 Å². The van der Waals surface area contributed by atoms with Gasteiger partial charge in [-0.25, -0.2) is 4.79 Å². The zero-order valence-electron chi connectivity index (χ0n) is 20.8. The fourth-order valence-electron chi connectivity index (χ4n) is 3.98. The Balaban J connectivity index is 0.000000505. The average Bonchev–Trinajstić information content (AvgIpc) is 3.08. The molecule has 1 fully saturated rings. The fourth-order valence-corrected chi connectivity index (χ4v) is 4.17. The number of halogens is 4. The Hall–Kier alpha value is -3.40. The van der Waals surface area contributed by atoms with E-state index in [1.165, 1.54) is 18.5 Å². The zero-order chi connectivity index (χ0) is 27.7. The van der Waals surface area contributed by atoms with Crippen LogP contribution < -0.4 is 5.32 Å². The largest absolute Gasteiger partial charge is 0.490 e. The van der Waals surface area contributed by atoms with Gasteiger partial charge in [0.25, 0.3) is 5.91 Å². The molecule has 6 nitrogen and oxygen atoms in total. The summed E-state index contributed by atoms with van der Waals surface area (Å²) in [5.41, 5.74) is 4.87. The van der Waals surface area contributed by atoms with Crippen LogP contribution in [0.4, 0.5) is 18.9 Å². The first-order valence-electron chi connectivity index (χ1n) is 12.0. The van der Waals surface area contributed by atoms with Crippen LogP contribution in [-0.4, -0.2) is 66.2 Å². The number of carbonyl (C=O) groups excluding carboxylic acids is 1. The Morgan fingerprint density at radius 2 is 1.58 bits per heavy atom. The number of carbonyl (C=O) groups is 2. The van der Waals surface area contributed by atoms with Crippen LogP contribution in [0.2, 0.25) is 5.02 Å². The normalized spacial score (nSPS) is 14.7. The number of benzene rings is 3. The molecular formula is C28H29ClF3N3O3. The number of nitrogens with one attached hydrogen (secondary N) is 1. The molecule has 0 unspecified atom stereocenters. The van der Waals surface area contributed by atoms with Crippen LogP contribution in [0, 0.1) is 0 Å².